The summed E-state index contributed by atoms with van der Waals surface area (Å²) in [5, 5.41) is 9.10. The fourth-order valence-electron chi connectivity index (χ4n) is 2.84. The summed E-state index contributed by atoms with van der Waals surface area (Å²) in [5.41, 5.74) is -0.717. The Kier molecular flexibility index (Phi) is 6.72. The van der Waals surface area contributed by atoms with Crippen molar-refractivity contribution in [3.8, 4) is 5.75 Å². The quantitative estimate of drug-likeness (QED) is 0.776. The van der Waals surface area contributed by atoms with Crippen molar-refractivity contribution in [1.29, 1.82) is 0 Å². The highest BCUT2D eigenvalue weighted by molar-refractivity contribution is 5.35. The van der Waals surface area contributed by atoms with Gasteiger partial charge in [0.25, 0.3) is 0 Å². The highest BCUT2D eigenvalue weighted by atomic mass is 19.4. The van der Waals surface area contributed by atoms with Gasteiger partial charge in [-0.25, -0.2) is 0 Å². The van der Waals surface area contributed by atoms with E-state index in [0.717, 1.165) is 51.4 Å². The average Bonchev–Trinajstić information content (AvgIpc) is 2.54. The van der Waals surface area contributed by atoms with Crippen LogP contribution in [0.15, 0.2) is 24.3 Å². The molecule has 0 spiro atoms. The highest BCUT2D eigenvalue weighted by Crippen LogP contribution is 2.35. The van der Waals surface area contributed by atoms with Crippen LogP contribution in [0.5, 0.6) is 5.75 Å². The molecule has 1 aromatic carbocycles. The molecule has 1 aliphatic rings. The number of likely N-dealkylation sites (tertiary alicyclic amines) is 1. The van der Waals surface area contributed by atoms with Gasteiger partial charge in [0.05, 0.1) is 12.2 Å². The van der Waals surface area contributed by atoms with Crippen LogP contribution in [0.2, 0.25) is 0 Å². The Bertz CT molecular complexity index is 471. The second kappa shape index (κ2) is 8.55. The molecule has 6 heteroatoms. The van der Waals surface area contributed by atoms with Crippen LogP contribution < -0.4 is 4.74 Å². The van der Waals surface area contributed by atoms with Gasteiger partial charge in [-0.2, -0.15) is 13.2 Å². The van der Waals surface area contributed by atoms with Crippen LogP contribution in [0.4, 0.5) is 13.2 Å². The smallest absolute Gasteiger partial charge is 0.419 e. The van der Waals surface area contributed by atoms with E-state index in [4.69, 9.17) is 9.84 Å². The number of aliphatic hydroxyl groups excluding tert-OH is 1. The van der Waals surface area contributed by atoms with Gasteiger partial charge in [-0.05, 0) is 63.4 Å². The van der Waals surface area contributed by atoms with Crippen molar-refractivity contribution in [3.63, 3.8) is 0 Å². The molecule has 1 fully saturated rings. The minimum Gasteiger partial charge on any atom is -0.493 e. The summed E-state index contributed by atoms with van der Waals surface area (Å²) in [6.07, 6.45) is -0.713. The summed E-state index contributed by atoms with van der Waals surface area (Å²) in [7, 11) is 0. The maximum atomic E-state index is 12.8. The van der Waals surface area contributed by atoms with Crippen molar-refractivity contribution in [2.24, 2.45) is 5.92 Å². The standard InChI is InChI=1S/C17H24F3NO2/c18-17(19,20)15-5-1-2-6-16(15)23-12-4-3-9-21-10-7-14(13-22)8-11-21/h1-2,5-6,14,22H,3-4,7-13H2. The first kappa shape index (κ1) is 18.1. The van der Waals surface area contributed by atoms with Gasteiger partial charge >= 0.3 is 6.18 Å². The molecule has 0 radical (unpaired) electrons. The number of para-hydroxylation sites is 1. The van der Waals surface area contributed by atoms with Crippen LogP contribution in [-0.2, 0) is 6.18 Å². The molecule has 23 heavy (non-hydrogen) atoms. The van der Waals surface area contributed by atoms with Crippen LogP contribution in [0.3, 0.4) is 0 Å². The van der Waals surface area contributed by atoms with E-state index in [1.54, 1.807) is 6.07 Å². The molecule has 0 aromatic heterocycles. The van der Waals surface area contributed by atoms with Crippen LogP contribution in [0.1, 0.15) is 31.2 Å². The van der Waals surface area contributed by atoms with E-state index < -0.39 is 11.7 Å². The molecule has 0 bridgehead atoms. The summed E-state index contributed by atoms with van der Waals surface area (Å²) in [6.45, 7) is 3.47. The summed E-state index contributed by atoms with van der Waals surface area (Å²) < 4.78 is 43.8. The van der Waals surface area contributed by atoms with Crippen molar-refractivity contribution >= 4 is 0 Å². The molecular weight excluding hydrogens is 307 g/mol. The third-order valence-electron chi connectivity index (χ3n) is 4.28. The van der Waals surface area contributed by atoms with E-state index in [1.165, 1.54) is 12.1 Å². The number of piperidine rings is 1. The van der Waals surface area contributed by atoms with Crippen molar-refractivity contribution in [2.45, 2.75) is 31.9 Å². The zero-order valence-electron chi connectivity index (χ0n) is 13.2. The Morgan fingerprint density at radius 3 is 2.48 bits per heavy atom. The first-order valence-corrected chi connectivity index (χ1v) is 8.13. The maximum absolute atomic E-state index is 12.8. The highest BCUT2D eigenvalue weighted by Gasteiger charge is 2.33. The van der Waals surface area contributed by atoms with E-state index in [1.807, 2.05) is 0 Å². The van der Waals surface area contributed by atoms with Gasteiger partial charge in [0.1, 0.15) is 5.75 Å². The van der Waals surface area contributed by atoms with Gasteiger partial charge in [0.2, 0.25) is 0 Å². The molecule has 130 valence electrons. The molecular formula is C17H24F3NO2. The molecule has 0 atom stereocenters. The average molecular weight is 331 g/mol. The molecule has 3 nitrogen and oxygen atoms in total. The molecule has 1 aliphatic heterocycles. The lowest BCUT2D eigenvalue weighted by atomic mass is 9.98. The predicted octanol–water partition coefficient (Wildman–Crippen LogP) is 3.57. The third kappa shape index (κ3) is 5.70. The van der Waals surface area contributed by atoms with Crippen molar-refractivity contribution < 1.29 is 23.0 Å². The van der Waals surface area contributed by atoms with Gasteiger partial charge in [-0.15, -0.1) is 0 Å². The van der Waals surface area contributed by atoms with Crippen molar-refractivity contribution in [3.05, 3.63) is 29.8 Å². The largest absolute Gasteiger partial charge is 0.493 e. The number of nitrogens with zero attached hydrogens (tertiary/aromatic N) is 1. The second-order valence-electron chi connectivity index (χ2n) is 6.02. The Labute approximate surface area is 135 Å². The summed E-state index contributed by atoms with van der Waals surface area (Å²) >= 11 is 0. The Morgan fingerprint density at radius 1 is 1.13 bits per heavy atom. The first-order valence-electron chi connectivity index (χ1n) is 8.13. The number of benzene rings is 1. The summed E-state index contributed by atoms with van der Waals surface area (Å²) in [5.74, 6) is 0.331. The number of ether oxygens (including phenoxy) is 1. The predicted molar refractivity (Wildman–Crippen MR) is 82.4 cm³/mol. The van der Waals surface area contributed by atoms with Gasteiger partial charge in [0.15, 0.2) is 0 Å². The Morgan fingerprint density at radius 2 is 1.83 bits per heavy atom. The SMILES string of the molecule is OCC1CCN(CCCCOc2ccccc2C(F)(F)F)CC1. The molecule has 1 N–H and O–H groups in total. The number of aliphatic hydroxyl groups is 1. The van der Waals surface area contributed by atoms with Crippen LogP contribution in [0.25, 0.3) is 0 Å². The number of rotatable bonds is 7. The lowest BCUT2D eigenvalue weighted by Crippen LogP contribution is -2.35. The first-order chi connectivity index (χ1) is 11.0. The van der Waals surface area contributed by atoms with Gasteiger partial charge in [-0.3, -0.25) is 0 Å². The van der Waals surface area contributed by atoms with Gasteiger partial charge < -0.3 is 14.7 Å². The lowest BCUT2D eigenvalue weighted by Gasteiger charge is -2.30. The number of hydrogen-bond donors (Lipinski definition) is 1. The molecule has 0 unspecified atom stereocenters. The summed E-state index contributed by atoms with van der Waals surface area (Å²) in [6, 6.07) is 5.32. The molecule has 1 aromatic rings. The van der Waals surface area contributed by atoms with E-state index in [0.29, 0.717) is 12.5 Å². The minimum atomic E-state index is -4.38. The molecule has 0 aliphatic carbocycles. The van der Waals surface area contributed by atoms with Gasteiger partial charge in [0, 0.05) is 6.61 Å². The van der Waals surface area contributed by atoms with E-state index in [9.17, 15) is 13.2 Å². The number of halogens is 3. The van der Waals surface area contributed by atoms with Crippen molar-refractivity contribution in [2.75, 3.05) is 32.8 Å². The van der Waals surface area contributed by atoms with Crippen LogP contribution in [0, 0.1) is 5.92 Å². The van der Waals surface area contributed by atoms with E-state index >= 15 is 0 Å². The Balaban J connectivity index is 1.67. The maximum Gasteiger partial charge on any atom is 0.419 e. The monoisotopic (exact) mass is 331 g/mol. The lowest BCUT2D eigenvalue weighted by molar-refractivity contribution is -0.138. The van der Waals surface area contributed by atoms with E-state index in [-0.39, 0.29) is 12.4 Å². The molecule has 1 heterocycles. The summed E-state index contributed by atoms with van der Waals surface area (Å²) in [4.78, 5) is 2.34. The molecule has 1 saturated heterocycles. The van der Waals surface area contributed by atoms with Crippen LogP contribution in [-0.4, -0.2) is 42.9 Å². The number of unbranched alkanes of at least 4 members (excludes halogenated alkanes) is 1. The molecule has 2 rings (SSSR count). The number of hydrogen-bond acceptors (Lipinski definition) is 3. The minimum absolute atomic E-state index is 0.0937. The normalized spacial score (nSPS) is 17.4. The number of alkyl halides is 3. The van der Waals surface area contributed by atoms with Crippen LogP contribution >= 0.6 is 0 Å². The van der Waals surface area contributed by atoms with Crippen molar-refractivity contribution in [1.82, 2.24) is 4.90 Å². The fraction of sp³-hybridized carbons (Fsp3) is 0.647. The Hall–Kier alpha value is -1.27. The zero-order valence-corrected chi connectivity index (χ0v) is 13.2. The fourth-order valence-corrected chi connectivity index (χ4v) is 2.84. The van der Waals surface area contributed by atoms with E-state index in [2.05, 4.69) is 4.90 Å². The molecule has 0 saturated carbocycles. The molecule has 0 amide bonds. The third-order valence-corrected chi connectivity index (χ3v) is 4.28. The van der Waals surface area contributed by atoms with Gasteiger partial charge in [-0.1, -0.05) is 12.1 Å². The second-order valence-corrected chi connectivity index (χ2v) is 6.02. The topological polar surface area (TPSA) is 32.7 Å². The zero-order chi connectivity index (χ0) is 16.7.